The molecule has 0 atom stereocenters. The minimum atomic E-state index is 0.119. The van der Waals surface area contributed by atoms with Crippen LogP contribution in [-0.2, 0) is 0 Å². The van der Waals surface area contributed by atoms with Crippen LogP contribution >= 0.6 is 11.3 Å². The summed E-state index contributed by atoms with van der Waals surface area (Å²) >= 11 is 1.48. The van der Waals surface area contributed by atoms with E-state index >= 15 is 0 Å². The third-order valence-electron chi connectivity index (χ3n) is 3.81. The molecule has 1 fully saturated rings. The summed E-state index contributed by atoms with van der Waals surface area (Å²) in [6, 6.07) is 1.000. The number of aromatic nitrogens is 1. The van der Waals surface area contributed by atoms with E-state index in [1.54, 1.807) is 6.20 Å². The maximum Gasteiger partial charge on any atom is 0.265 e. The van der Waals surface area contributed by atoms with Crippen molar-refractivity contribution in [3.05, 3.63) is 16.1 Å². The van der Waals surface area contributed by atoms with E-state index < -0.39 is 0 Å². The van der Waals surface area contributed by atoms with Crippen molar-refractivity contribution in [2.24, 2.45) is 0 Å². The van der Waals surface area contributed by atoms with Crippen molar-refractivity contribution in [2.45, 2.75) is 44.7 Å². The summed E-state index contributed by atoms with van der Waals surface area (Å²) in [6.07, 6.45) is 6.18. The van der Waals surface area contributed by atoms with E-state index in [1.165, 1.54) is 11.3 Å². The van der Waals surface area contributed by atoms with Gasteiger partial charge in [0.2, 0.25) is 0 Å². The lowest BCUT2D eigenvalue weighted by Gasteiger charge is -2.34. The summed E-state index contributed by atoms with van der Waals surface area (Å²) in [7, 11) is 3.93. The Morgan fingerprint density at radius 1 is 1.44 bits per heavy atom. The van der Waals surface area contributed by atoms with Gasteiger partial charge in [-0.3, -0.25) is 4.79 Å². The van der Waals surface area contributed by atoms with E-state index in [9.17, 15) is 4.79 Å². The van der Waals surface area contributed by atoms with E-state index in [0.717, 1.165) is 35.6 Å². The fourth-order valence-corrected chi connectivity index (χ4v) is 3.31. The summed E-state index contributed by atoms with van der Waals surface area (Å²) in [4.78, 5) is 19.1. The van der Waals surface area contributed by atoms with Gasteiger partial charge in [0.05, 0.1) is 11.2 Å². The molecule has 1 aromatic rings. The molecule has 0 radical (unpaired) electrons. The van der Waals surface area contributed by atoms with E-state index in [-0.39, 0.29) is 5.91 Å². The second kappa shape index (κ2) is 5.80. The molecule has 0 aliphatic heterocycles. The highest BCUT2D eigenvalue weighted by molar-refractivity contribution is 7.13. The van der Waals surface area contributed by atoms with Gasteiger partial charge >= 0.3 is 0 Å². The number of hydrogen-bond acceptors (Lipinski definition) is 4. The zero-order valence-electron chi connectivity index (χ0n) is 11.3. The highest BCUT2D eigenvalue weighted by Crippen LogP contribution is 2.24. The summed E-state index contributed by atoms with van der Waals surface area (Å²) in [5, 5.41) is 4.27. The number of hydrogen-bond donors (Lipinski definition) is 1. The maximum absolute atomic E-state index is 12.3. The van der Waals surface area contributed by atoms with Gasteiger partial charge < -0.3 is 10.2 Å². The molecule has 1 saturated carbocycles. The van der Waals surface area contributed by atoms with E-state index in [4.69, 9.17) is 0 Å². The van der Waals surface area contributed by atoms with Crippen LogP contribution < -0.4 is 5.32 Å². The van der Waals surface area contributed by atoms with Crippen LogP contribution in [0.15, 0.2) is 6.20 Å². The zero-order chi connectivity index (χ0) is 13.1. The first kappa shape index (κ1) is 13.5. The van der Waals surface area contributed by atoms with Crippen molar-refractivity contribution in [1.82, 2.24) is 15.2 Å². The number of carbonyl (C=O) groups excluding carboxylic acids is 1. The van der Waals surface area contributed by atoms with Crippen molar-refractivity contribution >= 4 is 17.2 Å². The molecule has 1 aliphatic carbocycles. The molecule has 0 unspecified atom stereocenters. The molecule has 1 aliphatic rings. The third-order valence-corrected chi connectivity index (χ3v) is 4.71. The molecule has 4 nitrogen and oxygen atoms in total. The summed E-state index contributed by atoms with van der Waals surface area (Å²) in [6.45, 7) is 1.93. The van der Waals surface area contributed by atoms with E-state index in [2.05, 4.69) is 10.3 Å². The first-order chi connectivity index (χ1) is 8.61. The lowest BCUT2D eigenvalue weighted by Crippen LogP contribution is -2.42. The molecule has 2 rings (SSSR count). The molecular weight excluding hydrogens is 246 g/mol. The Labute approximate surface area is 112 Å². The first-order valence-corrected chi connectivity index (χ1v) is 7.30. The zero-order valence-corrected chi connectivity index (χ0v) is 12.1. The standard InChI is InChI=1S/C13H21N3OS/c1-9-15-8-12(18-9)13(17)16(3)11-6-4-10(14-2)5-7-11/h8,10-11,14H,4-7H2,1-3H3. The highest BCUT2D eigenvalue weighted by atomic mass is 32.1. The molecule has 0 aromatic carbocycles. The molecule has 1 amide bonds. The van der Waals surface area contributed by atoms with E-state index in [1.807, 2.05) is 25.9 Å². The molecule has 0 bridgehead atoms. The minimum Gasteiger partial charge on any atom is -0.338 e. The van der Waals surface area contributed by atoms with Gasteiger partial charge in [-0.05, 0) is 39.7 Å². The fourth-order valence-electron chi connectivity index (χ4n) is 2.55. The molecule has 18 heavy (non-hydrogen) atoms. The third kappa shape index (κ3) is 2.90. The van der Waals surface area contributed by atoms with Gasteiger partial charge in [-0.1, -0.05) is 0 Å². The molecule has 1 N–H and O–H groups in total. The van der Waals surface area contributed by atoms with Gasteiger partial charge in [-0.25, -0.2) is 4.98 Å². The second-order valence-electron chi connectivity index (χ2n) is 4.95. The number of thiazole rings is 1. The van der Waals surface area contributed by atoms with Crippen molar-refractivity contribution in [2.75, 3.05) is 14.1 Å². The Balaban J connectivity index is 1.95. The molecule has 1 heterocycles. The Morgan fingerprint density at radius 2 is 2.11 bits per heavy atom. The Bertz CT molecular complexity index is 410. The Kier molecular flexibility index (Phi) is 4.35. The number of carbonyl (C=O) groups is 1. The van der Waals surface area contributed by atoms with Crippen LogP contribution in [-0.4, -0.2) is 42.0 Å². The smallest absolute Gasteiger partial charge is 0.265 e. The minimum absolute atomic E-state index is 0.119. The van der Waals surface area contributed by atoms with Crippen LogP contribution in [0.25, 0.3) is 0 Å². The quantitative estimate of drug-likeness (QED) is 0.911. The Hall–Kier alpha value is -0.940. The van der Waals surface area contributed by atoms with Gasteiger partial charge in [0.15, 0.2) is 0 Å². The molecule has 0 saturated heterocycles. The summed E-state index contributed by atoms with van der Waals surface area (Å²) in [5.41, 5.74) is 0. The number of amides is 1. The number of nitrogens with zero attached hydrogens (tertiary/aromatic N) is 2. The molecule has 100 valence electrons. The van der Waals surface area contributed by atoms with Gasteiger partial charge in [0.25, 0.3) is 5.91 Å². The molecular formula is C13H21N3OS. The number of rotatable bonds is 3. The number of nitrogens with one attached hydrogen (secondary N) is 1. The summed E-state index contributed by atoms with van der Waals surface area (Å²) < 4.78 is 0. The number of aryl methyl sites for hydroxylation is 1. The fraction of sp³-hybridized carbons (Fsp3) is 0.692. The topological polar surface area (TPSA) is 45.2 Å². The lowest BCUT2D eigenvalue weighted by molar-refractivity contribution is 0.0690. The van der Waals surface area contributed by atoms with Crippen molar-refractivity contribution < 1.29 is 4.79 Å². The first-order valence-electron chi connectivity index (χ1n) is 6.48. The van der Waals surface area contributed by atoms with Crippen LogP contribution in [0.2, 0.25) is 0 Å². The predicted octanol–water partition coefficient (Wildman–Crippen LogP) is 2.05. The average molecular weight is 267 g/mol. The van der Waals surface area contributed by atoms with Crippen LogP contribution in [0.3, 0.4) is 0 Å². The van der Waals surface area contributed by atoms with Crippen molar-refractivity contribution in [3.8, 4) is 0 Å². The van der Waals surface area contributed by atoms with Crippen LogP contribution in [0.4, 0.5) is 0 Å². The van der Waals surface area contributed by atoms with Crippen LogP contribution in [0.1, 0.15) is 40.4 Å². The second-order valence-corrected chi connectivity index (χ2v) is 6.19. The molecule has 0 spiro atoms. The summed E-state index contributed by atoms with van der Waals surface area (Å²) in [5.74, 6) is 0.119. The van der Waals surface area contributed by atoms with Crippen LogP contribution in [0.5, 0.6) is 0 Å². The van der Waals surface area contributed by atoms with Gasteiger partial charge in [-0.15, -0.1) is 11.3 Å². The largest absolute Gasteiger partial charge is 0.338 e. The van der Waals surface area contributed by atoms with Crippen molar-refractivity contribution in [3.63, 3.8) is 0 Å². The van der Waals surface area contributed by atoms with Gasteiger partial charge in [-0.2, -0.15) is 0 Å². The molecule has 1 aromatic heterocycles. The van der Waals surface area contributed by atoms with Gasteiger partial charge in [0.1, 0.15) is 4.88 Å². The van der Waals surface area contributed by atoms with E-state index in [0.29, 0.717) is 12.1 Å². The lowest BCUT2D eigenvalue weighted by atomic mass is 9.90. The highest BCUT2D eigenvalue weighted by Gasteiger charge is 2.27. The normalized spacial score (nSPS) is 23.9. The van der Waals surface area contributed by atoms with Crippen molar-refractivity contribution in [1.29, 1.82) is 0 Å². The SMILES string of the molecule is CNC1CCC(N(C)C(=O)c2cnc(C)s2)CC1. The van der Waals surface area contributed by atoms with Gasteiger partial charge in [0, 0.05) is 19.1 Å². The predicted molar refractivity (Wildman–Crippen MR) is 74.0 cm³/mol. The Morgan fingerprint density at radius 3 is 2.61 bits per heavy atom. The molecule has 5 heteroatoms. The maximum atomic E-state index is 12.3. The monoisotopic (exact) mass is 267 g/mol. The average Bonchev–Trinajstić information content (AvgIpc) is 2.84. The van der Waals surface area contributed by atoms with Crippen LogP contribution in [0, 0.1) is 6.92 Å².